The van der Waals surface area contributed by atoms with E-state index in [4.69, 9.17) is 9.72 Å². The normalized spacial score (nSPS) is 11.8. The molecule has 5 nitrogen and oxygen atoms in total. The number of aromatic nitrogens is 4. The Hall–Kier alpha value is -7.24. The van der Waals surface area contributed by atoms with E-state index in [-0.39, 0.29) is 0 Å². The summed E-state index contributed by atoms with van der Waals surface area (Å²) in [4.78, 5) is 4.91. The molecule has 5 heteroatoms. The highest BCUT2D eigenvalue weighted by Gasteiger charge is 2.29. The van der Waals surface area contributed by atoms with Gasteiger partial charge in [0, 0.05) is 34.8 Å². The number of para-hydroxylation sites is 3. The summed E-state index contributed by atoms with van der Waals surface area (Å²) >= 11 is 0. The fourth-order valence-corrected chi connectivity index (χ4v) is 8.23. The van der Waals surface area contributed by atoms with E-state index in [0.29, 0.717) is 0 Å². The Labute approximate surface area is 305 Å². The molecule has 10 aromatic rings. The van der Waals surface area contributed by atoms with Crippen molar-refractivity contribution >= 4 is 32.7 Å². The van der Waals surface area contributed by atoms with Gasteiger partial charge in [0.2, 0.25) is 0 Å². The average molecular weight is 680 g/mol. The molecule has 0 unspecified atom stereocenters. The van der Waals surface area contributed by atoms with Crippen molar-refractivity contribution in [2.45, 2.75) is 0 Å². The van der Waals surface area contributed by atoms with Crippen LogP contribution in [0.15, 0.2) is 188 Å². The van der Waals surface area contributed by atoms with Crippen LogP contribution in [0.3, 0.4) is 0 Å². The van der Waals surface area contributed by atoms with E-state index < -0.39 is 0 Å². The van der Waals surface area contributed by atoms with Crippen LogP contribution in [0.5, 0.6) is 11.5 Å². The molecule has 0 saturated carbocycles. The molecule has 0 amide bonds. The van der Waals surface area contributed by atoms with Crippen molar-refractivity contribution in [3.63, 3.8) is 0 Å². The molecule has 1 aliphatic carbocycles. The number of hydrogen-bond acceptors (Lipinski definition) is 2. The van der Waals surface area contributed by atoms with Crippen LogP contribution in [-0.2, 0) is 0 Å². The van der Waals surface area contributed by atoms with Gasteiger partial charge in [-0.1, -0.05) is 103 Å². The van der Waals surface area contributed by atoms with Crippen LogP contribution < -0.4 is 9.30 Å². The molecule has 53 heavy (non-hydrogen) atoms. The van der Waals surface area contributed by atoms with Crippen LogP contribution in [0.25, 0.3) is 83.4 Å². The van der Waals surface area contributed by atoms with E-state index >= 15 is 0 Å². The third kappa shape index (κ3) is 4.57. The summed E-state index contributed by atoms with van der Waals surface area (Å²) in [6.45, 7) is 0. The molecule has 0 spiro atoms. The predicted molar refractivity (Wildman–Crippen MR) is 213 cm³/mol. The first-order chi connectivity index (χ1) is 26.3. The first-order valence-corrected chi connectivity index (χ1v) is 17.9. The molecule has 7 aromatic carbocycles. The topological polar surface area (TPSA) is 35.9 Å². The minimum Gasteiger partial charge on any atom is -0.457 e. The lowest BCUT2D eigenvalue weighted by atomic mass is 9.93. The number of hydrogen-bond donors (Lipinski definition) is 0. The summed E-state index contributed by atoms with van der Waals surface area (Å²) in [6.07, 6.45) is 4.01. The van der Waals surface area contributed by atoms with Crippen molar-refractivity contribution < 1.29 is 9.30 Å². The molecule has 11 rings (SSSR count). The molecule has 248 valence electrons. The maximum absolute atomic E-state index is 6.73. The van der Waals surface area contributed by atoms with Crippen LogP contribution in [0.2, 0.25) is 0 Å². The summed E-state index contributed by atoms with van der Waals surface area (Å²) < 4.78 is 13.5. The molecule has 3 heterocycles. The molecule has 0 fully saturated rings. The maximum atomic E-state index is 6.73. The second-order valence-corrected chi connectivity index (χ2v) is 13.5. The van der Waals surface area contributed by atoms with Crippen molar-refractivity contribution in [2.24, 2.45) is 0 Å². The van der Waals surface area contributed by atoms with Gasteiger partial charge in [-0.05, 0) is 88.1 Å². The number of fused-ring (bicyclic) bond motifs is 8. The van der Waals surface area contributed by atoms with Crippen molar-refractivity contribution in [2.75, 3.05) is 0 Å². The fraction of sp³-hybridized carbons (Fsp3) is 0. The maximum Gasteiger partial charge on any atom is 0.255 e. The second kappa shape index (κ2) is 11.7. The van der Waals surface area contributed by atoms with Crippen LogP contribution in [0.4, 0.5) is 0 Å². The number of pyridine rings is 1. The summed E-state index contributed by atoms with van der Waals surface area (Å²) in [7, 11) is 0. The molecule has 1 aliphatic rings. The fourth-order valence-electron chi connectivity index (χ4n) is 8.23. The zero-order chi connectivity index (χ0) is 34.9. The first-order valence-electron chi connectivity index (χ1n) is 17.9. The number of benzene rings is 7. The minimum atomic E-state index is 0.753. The zero-order valence-electron chi connectivity index (χ0n) is 28.6. The van der Waals surface area contributed by atoms with Crippen LogP contribution in [0, 0.1) is 0 Å². The number of imidazole rings is 1. The molecule has 0 aliphatic heterocycles. The summed E-state index contributed by atoms with van der Waals surface area (Å²) in [5.74, 6) is 2.37. The molecule has 0 radical (unpaired) electrons. The highest BCUT2D eigenvalue weighted by molar-refractivity contribution is 6.19. The van der Waals surface area contributed by atoms with Crippen LogP contribution in [0.1, 0.15) is 0 Å². The van der Waals surface area contributed by atoms with E-state index in [9.17, 15) is 0 Å². The van der Waals surface area contributed by atoms with E-state index in [2.05, 4.69) is 178 Å². The number of rotatable bonds is 5. The van der Waals surface area contributed by atoms with Gasteiger partial charge in [0.25, 0.3) is 6.33 Å². The smallest absolute Gasteiger partial charge is 0.255 e. The molecular weight excluding hydrogens is 649 g/mol. The summed E-state index contributed by atoms with van der Waals surface area (Å²) in [5, 5.41) is 3.64. The largest absolute Gasteiger partial charge is 0.457 e. The first kappa shape index (κ1) is 29.5. The van der Waals surface area contributed by atoms with Gasteiger partial charge >= 0.3 is 0 Å². The molecule has 0 saturated heterocycles. The third-order valence-corrected chi connectivity index (χ3v) is 10.5. The monoisotopic (exact) mass is 679 g/mol. The van der Waals surface area contributed by atoms with E-state index in [0.717, 1.165) is 56.3 Å². The van der Waals surface area contributed by atoms with Gasteiger partial charge in [-0.2, -0.15) is 9.13 Å². The lowest BCUT2D eigenvalue weighted by molar-refractivity contribution is -0.567. The molecule has 0 atom stereocenters. The van der Waals surface area contributed by atoms with E-state index in [1.807, 2.05) is 24.4 Å². The van der Waals surface area contributed by atoms with Gasteiger partial charge in [0.15, 0.2) is 11.0 Å². The number of ether oxygens (including phenoxy) is 1. The Morgan fingerprint density at radius 1 is 0.528 bits per heavy atom. The molecule has 3 aromatic heterocycles. The number of nitrogens with zero attached hydrogens (tertiary/aromatic N) is 4. The van der Waals surface area contributed by atoms with Gasteiger partial charge in [-0.15, -0.1) is 0 Å². The summed E-state index contributed by atoms with van der Waals surface area (Å²) in [6, 6.07) is 61.8. The Morgan fingerprint density at radius 3 is 2.13 bits per heavy atom. The Balaban J connectivity index is 1.09. The summed E-state index contributed by atoms with van der Waals surface area (Å²) in [5.41, 5.74) is 12.6. The van der Waals surface area contributed by atoms with Gasteiger partial charge in [0.05, 0.1) is 11.2 Å². The average Bonchev–Trinajstić information content (AvgIpc) is 3.74. The van der Waals surface area contributed by atoms with Gasteiger partial charge in [-0.25, -0.2) is 4.98 Å². The van der Waals surface area contributed by atoms with Crippen molar-refractivity contribution in [1.82, 2.24) is 14.1 Å². The Morgan fingerprint density at radius 2 is 1.26 bits per heavy atom. The van der Waals surface area contributed by atoms with Crippen LogP contribution >= 0.6 is 0 Å². The van der Waals surface area contributed by atoms with E-state index in [1.54, 1.807) is 0 Å². The Kier molecular flexibility index (Phi) is 6.48. The SMILES string of the molecule is c1ccc(-[n+]2cn(-c3cccc(Oc4ccc5c6c(n(-c7ccccn7)c5c4)-c4ccccc4-c4cccc5cccc-6c45)c3)c3ccccc32)cc1. The van der Waals surface area contributed by atoms with Crippen molar-refractivity contribution in [3.8, 4) is 62.2 Å². The predicted octanol–water partition coefficient (Wildman–Crippen LogP) is 11.5. The Bertz CT molecular complexity index is 3030. The highest BCUT2D eigenvalue weighted by Crippen LogP contribution is 2.52. The minimum absolute atomic E-state index is 0.753. The van der Waals surface area contributed by atoms with Gasteiger partial charge in [-0.3, -0.25) is 4.57 Å². The van der Waals surface area contributed by atoms with Crippen molar-refractivity contribution in [1.29, 1.82) is 0 Å². The lowest BCUT2D eigenvalue weighted by Crippen LogP contribution is -2.28. The van der Waals surface area contributed by atoms with Crippen molar-refractivity contribution in [3.05, 3.63) is 188 Å². The third-order valence-electron chi connectivity index (χ3n) is 10.5. The van der Waals surface area contributed by atoms with E-state index in [1.165, 1.54) is 38.6 Å². The molecule has 0 N–H and O–H groups in total. The molecular formula is C48H31N4O+. The van der Waals surface area contributed by atoms with Gasteiger partial charge < -0.3 is 4.74 Å². The lowest BCUT2D eigenvalue weighted by Gasteiger charge is -2.14. The van der Waals surface area contributed by atoms with Crippen LogP contribution in [-0.4, -0.2) is 14.1 Å². The second-order valence-electron chi connectivity index (χ2n) is 13.5. The van der Waals surface area contributed by atoms with Gasteiger partial charge in [0.1, 0.15) is 28.7 Å². The standard InChI is InChI=1S/C48H31N4O/c1-2-15-33(16-3-1)50-31-51(43-24-7-6-23-42(43)50)34-17-12-18-35(29-34)53-36-26-27-40-44(30-36)52(45-25-8-9-28-49-45)48-39-20-5-4-19-37(39)38-21-10-13-32-14-11-22-41(46(32)38)47(40)48/h1-31H/q+1. The zero-order valence-corrected chi connectivity index (χ0v) is 28.6. The molecule has 0 bridgehead atoms. The quantitative estimate of drug-likeness (QED) is 0.170. The highest BCUT2D eigenvalue weighted by atomic mass is 16.5.